The number of thioether (sulfide) groups is 1. The monoisotopic (exact) mass is 369 g/mol. The highest BCUT2D eigenvalue weighted by molar-refractivity contribution is 8.03. The topological polar surface area (TPSA) is 156 Å². The molecule has 3 atom stereocenters. The summed E-state index contributed by atoms with van der Waals surface area (Å²) >= 11 is 1.28. The largest absolute Gasteiger partial charge is 0.477 e. The molecule has 0 aromatic carbocycles. The zero-order valence-electron chi connectivity index (χ0n) is 13.6. The van der Waals surface area contributed by atoms with Gasteiger partial charge < -0.3 is 20.4 Å². The minimum absolute atomic E-state index is 0.0217. The number of nitrogens with zero attached hydrogens (tertiary/aromatic N) is 4. The van der Waals surface area contributed by atoms with Gasteiger partial charge in [-0.3, -0.25) is 9.59 Å². The van der Waals surface area contributed by atoms with E-state index in [1.807, 2.05) is 0 Å². The SMILES string of the molecule is C[C@@H](O)[C@H]1C(=O)N2C(C(=O)O)=C(SCCNC(=O)CCN=[N+]=[N-])C[C@H]12. The van der Waals surface area contributed by atoms with Gasteiger partial charge in [-0.25, -0.2) is 4.79 Å². The molecule has 2 heterocycles. The normalized spacial score (nSPS) is 22.8. The van der Waals surface area contributed by atoms with Crippen molar-refractivity contribution in [1.82, 2.24) is 10.2 Å². The Kier molecular flexibility index (Phi) is 6.29. The maximum absolute atomic E-state index is 12.1. The lowest BCUT2D eigenvalue weighted by Gasteiger charge is -2.44. The van der Waals surface area contributed by atoms with Gasteiger partial charge in [0.15, 0.2) is 0 Å². The van der Waals surface area contributed by atoms with Crippen molar-refractivity contribution in [3.05, 3.63) is 21.0 Å². The summed E-state index contributed by atoms with van der Waals surface area (Å²) in [6.07, 6.45) is -0.320. The smallest absolute Gasteiger partial charge is 0.353 e. The highest BCUT2D eigenvalue weighted by atomic mass is 32.2. The molecule has 2 amide bonds. The molecule has 0 aromatic heterocycles. The van der Waals surface area contributed by atoms with E-state index in [2.05, 4.69) is 15.3 Å². The molecule has 1 saturated heterocycles. The molecule has 2 rings (SSSR count). The number of carboxylic acid groups (broad SMARTS) is 1. The van der Waals surface area contributed by atoms with E-state index in [-0.39, 0.29) is 36.5 Å². The van der Waals surface area contributed by atoms with Crippen LogP contribution in [0.1, 0.15) is 19.8 Å². The fourth-order valence-corrected chi connectivity index (χ4v) is 4.07. The van der Waals surface area contributed by atoms with Gasteiger partial charge in [-0.05, 0) is 12.5 Å². The van der Waals surface area contributed by atoms with Gasteiger partial charge in [0.2, 0.25) is 11.8 Å². The standard InChI is InChI=1S/C14H19N5O5S/c1-7(20)11-8-6-9(12(14(23)24)19(8)13(11)22)25-5-4-16-10(21)2-3-17-18-15/h7-8,11,20H,2-6H2,1H3,(H,16,21)(H,23,24)/t7-,8-,11-/m1/s1. The molecule has 25 heavy (non-hydrogen) atoms. The third kappa shape index (κ3) is 4.06. The Labute approximate surface area is 147 Å². The molecule has 0 bridgehead atoms. The number of amides is 2. The number of carbonyl (C=O) groups is 3. The fraction of sp³-hybridized carbons (Fsp3) is 0.643. The van der Waals surface area contributed by atoms with Crippen molar-refractivity contribution >= 4 is 29.5 Å². The predicted molar refractivity (Wildman–Crippen MR) is 89.2 cm³/mol. The lowest BCUT2D eigenvalue weighted by Crippen LogP contribution is -2.61. The first-order valence-electron chi connectivity index (χ1n) is 7.76. The summed E-state index contributed by atoms with van der Waals surface area (Å²) < 4.78 is 0. The third-order valence-electron chi connectivity index (χ3n) is 4.09. The zero-order valence-corrected chi connectivity index (χ0v) is 14.4. The molecule has 11 heteroatoms. The van der Waals surface area contributed by atoms with E-state index in [0.717, 1.165) is 0 Å². The second-order valence-corrected chi connectivity index (χ2v) is 6.92. The Balaban J connectivity index is 1.87. The Morgan fingerprint density at radius 1 is 1.56 bits per heavy atom. The quantitative estimate of drug-likeness (QED) is 0.176. The molecule has 3 N–H and O–H groups in total. The average molecular weight is 369 g/mol. The second kappa shape index (κ2) is 8.24. The van der Waals surface area contributed by atoms with Crippen molar-refractivity contribution in [3.8, 4) is 0 Å². The van der Waals surface area contributed by atoms with E-state index >= 15 is 0 Å². The van der Waals surface area contributed by atoms with Gasteiger partial charge in [0.05, 0.1) is 18.1 Å². The van der Waals surface area contributed by atoms with Crippen LogP contribution in [0.2, 0.25) is 0 Å². The van der Waals surface area contributed by atoms with Gasteiger partial charge in [0.1, 0.15) is 5.70 Å². The minimum Gasteiger partial charge on any atom is -0.477 e. The maximum Gasteiger partial charge on any atom is 0.353 e. The summed E-state index contributed by atoms with van der Waals surface area (Å²) in [6.45, 7) is 1.94. The molecule has 0 aromatic rings. The molecule has 0 spiro atoms. The molecule has 10 nitrogen and oxygen atoms in total. The van der Waals surface area contributed by atoms with E-state index in [4.69, 9.17) is 5.53 Å². The van der Waals surface area contributed by atoms with Crippen LogP contribution >= 0.6 is 11.8 Å². The molecular formula is C14H19N5O5S. The molecule has 1 fully saturated rings. The molecular weight excluding hydrogens is 350 g/mol. The number of carboxylic acids is 1. The number of fused-ring (bicyclic) bond motifs is 1. The Hall–Kier alpha value is -2.23. The van der Waals surface area contributed by atoms with Crippen molar-refractivity contribution in [2.75, 3.05) is 18.8 Å². The highest BCUT2D eigenvalue weighted by Gasteiger charge is 2.56. The summed E-state index contributed by atoms with van der Waals surface area (Å²) in [5.74, 6) is -1.89. The first kappa shape index (κ1) is 19.1. The number of aliphatic hydroxyl groups is 1. The lowest BCUT2D eigenvalue weighted by atomic mass is 9.83. The Bertz CT molecular complexity index is 658. The van der Waals surface area contributed by atoms with E-state index < -0.39 is 18.0 Å². The Morgan fingerprint density at radius 3 is 2.88 bits per heavy atom. The van der Waals surface area contributed by atoms with Gasteiger partial charge >= 0.3 is 5.97 Å². The number of azide groups is 1. The lowest BCUT2D eigenvalue weighted by molar-refractivity contribution is -0.161. The van der Waals surface area contributed by atoms with Crippen LogP contribution in [0.15, 0.2) is 15.7 Å². The Morgan fingerprint density at radius 2 is 2.28 bits per heavy atom. The van der Waals surface area contributed by atoms with Crippen molar-refractivity contribution < 1.29 is 24.6 Å². The van der Waals surface area contributed by atoms with Gasteiger partial charge in [0, 0.05) is 41.5 Å². The van der Waals surface area contributed by atoms with Crippen molar-refractivity contribution in [1.29, 1.82) is 0 Å². The van der Waals surface area contributed by atoms with Gasteiger partial charge in [-0.2, -0.15) is 0 Å². The highest BCUT2D eigenvalue weighted by Crippen LogP contribution is 2.46. The number of nitrogens with one attached hydrogen (secondary N) is 1. The van der Waals surface area contributed by atoms with E-state index in [1.165, 1.54) is 23.6 Å². The van der Waals surface area contributed by atoms with Crippen LogP contribution in [-0.2, 0) is 14.4 Å². The first-order chi connectivity index (χ1) is 11.9. The zero-order chi connectivity index (χ0) is 18.6. The van der Waals surface area contributed by atoms with Crippen LogP contribution in [0, 0.1) is 5.92 Å². The van der Waals surface area contributed by atoms with Gasteiger partial charge in [0.25, 0.3) is 0 Å². The molecule has 136 valence electrons. The molecule has 2 aliphatic rings. The summed E-state index contributed by atoms with van der Waals surface area (Å²) in [5, 5.41) is 25.0. The summed E-state index contributed by atoms with van der Waals surface area (Å²) in [5.41, 5.74) is 8.11. The van der Waals surface area contributed by atoms with Crippen LogP contribution in [-0.4, -0.2) is 63.9 Å². The first-order valence-corrected chi connectivity index (χ1v) is 8.75. The molecule has 0 saturated carbocycles. The van der Waals surface area contributed by atoms with Crippen molar-refractivity contribution in [2.24, 2.45) is 11.0 Å². The van der Waals surface area contributed by atoms with Crippen LogP contribution in [0.3, 0.4) is 0 Å². The van der Waals surface area contributed by atoms with Crippen molar-refractivity contribution in [2.45, 2.75) is 31.9 Å². The van der Waals surface area contributed by atoms with Gasteiger partial charge in [-0.1, -0.05) is 5.11 Å². The predicted octanol–water partition coefficient (Wildman–Crippen LogP) is 0.444. The second-order valence-electron chi connectivity index (χ2n) is 5.73. The molecule has 0 aliphatic carbocycles. The number of carbonyl (C=O) groups excluding carboxylic acids is 2. The van der Waals surface area contributed by atoms with Crippen LogP contribution in [0.5, 0.6) is 0 Å². The maximum atomic E-state index is 12.1. The van der Waals surface area contributed by atoms with Crippen LogP contribution < -0.4 is 5.32 Å². The van der Waals surface area contributed by atoms with Crippen LogP contribution in [0.25, 0.3) is 10.4 Å². The molecule has 2 aliphatic heterocycles. The minimum atomic E-state index is -1.17. The molecule has 0 radical (unpaired) electrons. The van der Waals surface area contributed by atoms with Gasteiger partial charge in [-0.15, -0.1) is 11.8 Å². The number of β-lactam (4-membered cyclic amide) rings is 1. The van der Waals surface area contributed by atoms with Crippen molar-refractivity contribution in [3.63, 3.8) is 0 Å². The summed E-state index contributed by atoms with van der Waals surface area (Å²) in [7, 11) is 0. The number of hydrogen-bond donors (Lipinski definition) is 3. The summed E-state index contributed by atoms with van der Waals surface area (Å²) in [4.78, 5) is 39.4. The third-order valence-corrected chi connectivity index (χ3v) is 5.21. The summed E-state index contributed by atoms with van der Waals surface area (Å²) in [6, 6.07) is -0.306. The fourth-order valence-electron chi connectivity index (χ4n) is 3.01. The van der Waals surface area contributed by atoms with E-state index in [1.54, 1.807) is 0 Å². The number of aliphatic hydroxyl groups excluding tert-OH is 1. The number of rotatable bonds is 9. The van der Waals surface area contributed by atoms with Crippen LogP contribution in [0.4, 0.5) is 0 Å². The molecule has 0 unspecified atom stereocenters. The van der Waals surface area contributed by atoms with E-state index in [0.29, 0.717) is 23.6 Å². The average Bonchev–Trinajstić information content (AvgIpc) is 2.86. The van der Waals surface area contributed by atoms with E-state index in [9.17, 15) is 24.6 Å². The number of aliphatic carboxylic acids is 1. The number of hydrogen-bond acceptors (Lipinski definition) is 6.